The van der Waals surface area contributed by atoms with Crippen LogP contribution in [-0.2, 0) is 19.4 Å². The van der Waals surface area contributed by atoms with E-state index in [1.54, 1.807) is 13.8 Å². The Kier molecular flexibility index (Phi) is 4.72. The molecule has 0 aromatic carbocycles. The summed E-state index contributed by atoms with van der Waals surface area (Å²) < 4.78 is 23.5. The van der Waals surface area contributed by atoms with Gasteiger partial charge < -0.3 is 10.4 Å². The van der Waals surface area contributed by atoms with Crippen molar-refractivity contribution in [2.24, 2.45) is 5.92 Å². The van der Waals surface area contributed by atoms with Crippen molar-refractivity contribution >= 4 is 21.7 Å². The van der Waals surface area contributed by atoms with Crippen molar-refractivity contribution in [3.8, 4) is 0 Å². The number of aliphatic carboxylic acids is 1. The Hall–Kier alpha value is -1.11. The second-order valence-corrected chi connectivity index (χ2v) is 7.22. The van der Waals surface area contributed by atoms with Gasteiger partial charge in [-0.1, -0.05) is 20.3 Å². The van der Waals surface area contributed by atoms with Crippen LogP contribution in [0.1, 0.15) is 33.1 Å². The van der Waals surface area contributed by atoms with Gasteiger partial charge in [-0.3, -0.25) is 4.79 Å². The number of carboxylic acids is 1. The van der Waals surface area contributed by atoms with E-state index in [0.29, 0.717) is 12.8 Å². The van der Waals surface area contributed by atoms with Gasteiger partial charge in [0.25, 0.3) is 0 Å². The molecule has 1 aliphatic rings. The molecule has 2 N–H and O–H groups in total. The van der Waals surface area contributed by atoms with Crippen molar-refractivity contribution < 1.29 is 23.1 Å². The third-order valence-electron chi connectivity index (χ3n) is 3.10. The molecule has 0 spiro atoms. The number of hydrogen-bond acceptors (Lipinski definition) is 4. The molecule has 1 heterocycles. The zero-order chi connectivity index (χ0) is 13.9. The van der Waals surface area contributed by atoms with Crippen molar-refractivity contribution in [3.05, 3.63) is 0 Å². The fourth-order valence-corrected chi connectivity index (χ4v) is 3.82. The van der Waals surface area contributed by atoms with Crippen LogP contribution in [-0.4, -0.2) is 42.4 Å². The fraction of sp³-hybridized carbons (Fsp3) is 0.818. The number of hydrogen-bond donors (Lipinski definition) is 2. The van der Waals surface area contributed by atoms with Crippen molar-refractivity contribution in [1.82, 2.24) is 5.32 Å². The van der Waals surface area contributed by atoms with Gasteiger partial charge in [0.1, 0.15) is 11.3 Å². The van der Waals surface area contributed by atoms with E-state index in [0.717, 1.165) is 0 Å². The van der Waals surface area contributed by atoms with Gasteiger partial charge in [0, 0.05) is 0 Å². The first-order valence-electron chi connectivity index (χ1n) is 6.00. The van der Waals surface area contributed by atoms with Gasteiger partial charge in [-0.05, 0) is 18.8 Å². The molecule has 0 radical (unpaired) electrons. The molecular weight excluding hydrogens is 258 g/mol. The Bertz CT molecular complexity index is 429. The molecule has 0 aliphatic carbocycles. The van der Waals surface area contributed by atoms with E-state index < -0.39 is 33.0 Å². The predicted molar refractivity (Wildman–Crippen MR) is 65.8 cm³/mol. The minimum absolute atomic E-state index is 0.00447. The van der Waals surface area contributed by atoms with E-state index in [4.69, 9.17) is 5.11 Å². The van der Waals surface area contributed by atoms with E-state index >= 15 is 0 Å². The first-order valence-corrected chi connectivity index (χ1v) is 7.72. The summed E-state index contributed by atoms with van der Waals surface area (Å²) in [5, 5.41) is 10.2. The molecule has 2 atom stereocenters. The zero-order valence-electron chi connectivity index (χ0n) is 10.5. The Balaban J connectivity index is 2.78. The van der Waals surface area contributed by atoms with E-state index in [1.807, 2.05) is 0 Å². The fourth-order valence-electron chi connectivity index (χ4n) is 2.01. The molecule has 1 aliphatic heterocycles. The molecule has 6 nitrogen and oxygen atoms in total. The summed E-state index contributed by atoms with van der Waals surface area (Å²) in [5.74, 6) is -2.12. The van der Waals surface area contributed by atoms with Crippen molar-refractivity contribution in [2.75, 3.05) is 5.75 Å². The highest BCUT2D eigenvalue weighted by atomic mass is 32.2. The van der Waals surface area contributed by atoms with Crippen LogP contribution in [0.3, 0.4) is 0 Å². The number of sulfone groups is 1. The second-order valence-electron chi connectivity index (χ2n) is 4.92. The third kappa shape index (κ3) is 3.44. The van der Waals surface area contributed by atoms with Crippen molar-refractivity contribution in [1.29, 1.82) is 0 Å². The number of carboxylic acid groups (broad SMARTS) is 1. The van der Waals surface area contributed by atoms with Gasteiger partial charge in [0.15, 0.2) is 9.84 Å². The van der Waals surface area contributed by atoms with Gasteiger partial charge in [-0.15, -0.1) is 0 Å². The number of nitrogens with one attached hydrogen (secondary N) is 1. The molecule has 1 unspecified atom stereocenters. The highest BCUT2D eigenvalue weighted by molar-refractivity contribution is 7.92. The van der Waals surface area contributed by atoms with Crippen LogP contribution in [0.15, 0.2) is 0 Å². The smallest absolute Gasteiger partial charge is 0.326 e. The molecule has 104 valence electrons. The van der Waals surface area contributed by atoms with Crippen LogP contribution < -0.4 is 5.32 Å². The highest BCUT2D eigenvalue weighted by Crippen LogP contribution is 2.20. The molecule has 0 bridgehead atoms. The van der Waals surface area contributed by atoms with Gasteiger partial charge in [0.2, 0.25) is 5.91 Å². The summed E-state index contributed by atoms with van der Waals surface area (Å²) >= 11 is 0. The maximum Gasteiger partial charge on any atom is 0.326 e. The Morgan fingerprint density at radius 2 is 1.89 bits per heavy atom. The summed E-state index contributed by atoms with van der Waals surface area (Å²) in [6, 6.07) is -1.05. The Labute approximate surface area is 107 Å². The molecule has 1 fully saturated rings. The average Bonchev–Trinajstić information content (AvgIpc) is 2.23. The maximum absolute atomic E-state index is 11.9. The van der Waals surface area contributed by atoms with Crippen LogP contribution in [0.4, 0.5) is 0 Å². The molecule has 0 saturated carbocycles. The van der Waals surface area contributed by atoms with Gasteiger partial charge in [0.05, 0.1) is 5.75 Å². The quantitative estimate of drug-likeness (QED) is 0.763. The van der Waals surface area contributed by atoms with E-state index in [1.165, 1.54) is 0 Å². The summed E-state index contributed by atoms with van der Waals surface area (Å²) in [4.78, 5) is 22.8. The van der Waals surface area contributed by atoms with Gasteiger partial charge >= 0.3 is 5.97 Å². The lowest BCUT2D eigenvalue weighted by molar-refractivity contribution is -0.143. The third-order valence-corrected chi connectivity index (χ3v) is 5.28. The number of rotatable bonds is 4. The minimum Gasteiger partial charge on any atom is -0.480 e. The van der Waals surface area contributed by atoms with Crippen LogP contribution in [0.5, 0.6) is 0 Å². The SMILES string of the molecule is CC(C)[C@@H](NC(=O)C1CCCCS1(=O)=O)C(=O)O. The Morgan fingerprint density at radius 1 is 1.28 bits per heavy atom. The summed E-state index contributed by atoms with van der Waals surface area (Å²) in [6.45, 7) is 3.32. The lowest BCUT2D eigenvalue weighted by atomic mass is 10.0. The standard InChI is InChI=1S/C11H19NO5S/c1-7(2)9(11(14)15)12-10(13)8-5-3-4-6-18(8,16)17/h7-9H,3-6H2,1-2H3,(H,12,13)(H,14,15)/t8?,9-/m1/s1. The topological polar surface area (TPSA) is 101 Å². The lowest BCUT2D eigenvalue weighted by Gasteiger charge is -2.24. The van der Waals surface area contributed by atoms with E-state index in [9.17, 15) is 18.0 Å². The van der Waals surface area contributed by atoms with E-state index in [-0.39, 0.29) is 18.1 Å². The van der Waals surface area contributed by atoms with Crippen LogP contribution in [0, 0.1) is 5.92 Å². The molecule has 1 rings (SSSR count). The van der Waals surface area contributed by atoms with Crippen LogP contribution in [0.25, 0.3) is 0 Å². The van der Waals surface area contributed by atoms with E-state index in [2.05, 4.69) is 5.32 Å². The summed E-state index contributed by atoms with van der Waals surface area (Å²) in [5.41, 5.74) is 0. The molecule has 0 aromatic rings. The average molecular weight is 277 g/mol. The molecule has 18 heavy (non-hydrogen) atoms. The van der Waals surface area contributed by atoms with Gasteiger partial charge in [-0.2, -0.15) is 0 Å². The number of carbonyl (C=O) groups is 2. The molecule has 7 heteroatoms. The minimum atomic E-state index is -3.42. The maximum atomic E-state index is 11.9. The monoisotopic (exact) mass is 277 g/mol. The molecular formula is C11H19NO5S. The first kappa shape index (κ1) is 14.9. The lowest BCUT2D eigenvalue weighted by Crippen LogP contribution is -2.51. The summed E-state index contributed by atoms with van der Waals surface area (Å²) in [7, 11) is -3.42. The molecule has 1 saturated heterocycles. The van der Waals surface area contributed by atoms with Gasteiger partial charge in [-0.25, -0.2) is 13.2 Å². The molecule has 0 aromatic heterocycles. The molecule has 1 amide bonds. The zero-order valence-corrected chi connectivity index (χ0v) is 11.4. The van der Waals surface area contributed by atoms with Crippen LogP contribution >= 0.6 is 0 Å². The van der Waals surface area contributed by atoms with Crippen molar-refractivity contribution in [3.63, 3.8) is 0 Å². The Morgan fingerprint density at radius 3 is 2.33 bits per heavy atom. The second kappa shape index (κ2) is 5.69. The highest BCUT2D eigenvalue weighted by Gasteiger charge is 2.37. The number of amides is 1. The van der Waals surface area contributed by atoms with Crippen molar-refractivity contribution in [2.45, 2.75) is 44.4 Å². The number of carbonyl (C=O) groups excluding carboxylic acids is 1. The largest absolute Gasteiger partial charge is 0.480 e. The normalized spacial score (nSPS) is 24.5. The van der Waals surface area contributed by atoms with Crippen LogP contribution in [0.2, 0.25) is 0 Å². The first-order chi connectivity index (χ1) is 8.25. The predicted octanol–water partition coefficient (Wildman–Crippen LogP) is 0.179. The summed E-state index contributed by atoms with van der Waals surface area (Å²) in [6.07, 6.45) is 1.52.